The number of carbonyl (C=O) groups excluding carboxylic acids is 2. The standard InChI is InChI=1S/C33H51NO4/c1-28(2)12-10-22-23(35)18-25-31(6)19-21-20-34-38-26(21)29(3,4)24(31)11-13-33(25,8)32(22,7)17-16-30(5,15-14-28)27(36)37-9/h20,22,24-25H,10-19H2,1-9H3/t22?,24-,25+,30-,31-,32+,33+/m0/s1. The number of carbonyl (C=O) groups is 2. The van der Waals surface area contributed by atoms with Crippen LogP contribution < -0.4 is 0 Å². The molecule has 0 bridgehead atoms. The lowest BCUT2D eigenvalue weighted by Crippen LogP contribution is -2.65. The number of hydrogen-bond donors (Lipinski definition) is 0. The third-order valence-electron chi connectivity index (χ3n) is 13.2. The number of rotatable bonds is 1. The highest BCUT2D eigenvalue weighted by atomic mass is 16.5. The maximum atomic E-state index is 14.3. The van der Waals surface area contributed by atoms with Gasteiger partial charge in [0.15, 0.2) is 0 Å². The van der Waals surface area contributed by atoms with Crippen molar-refractivity contribution in [2.45, 2.75) is 125 Å². The lowest BCUT2D eigenvalue weighted by Gasteiger charge is -2.69. The van der Waals surface area contributed by atoms with Crippen LogP contribution in [0.15, 0.2) is 10.7 Å². The van der Waals surface area contributed by atoms with Gasteiger partial charge in [0.1, 0.15) is 11.5 Å². The number of hydrogen-bond acceptors (Lipinski definition) is 5. The average molecular weight is 526 g/mol. The summed E-state index contributed by atoms with van der Waals surface area (Å²) in [5.41, 5.74) is 0.541. The first-order valence-electron chi connectivity index (χ1n) is 15.1. The zero-order chi connectivity index (χ0) is 27.9. The molecule has 0 aromatic carbocycles. The molecule has 0 saturated heterocycles. The van der Waals surface area contributed by atoms with Gasteiger partial charge in [-0.05, 0) is 98.2 Å². The third kappa shape index (κ3) is 3.79. The van der Waals surface area contributed by atoms with Crippen molar-refractivity contribution in [2.75, 3.05) is 7.11 Å². The quantitative estimate of drug-likeness (QED) is 0.351. The molecular weight excluding hydrogens is 474 g/mol. The largest absolute Gasteiger partial charge is 0.469 e. The first-order chi connectivity index (χ1) is 17.5. The number of nitrogens with zero attached hydrogens (tertiary/aromatic N) is 1. The molecule has 3 fully saturated rings. The number of methoxy groups -OCH3 is 1. The van der Waals surface area contributed by atoms with Crippen molar-refractivity contribution in [2.24, 2.45) is 44.8 Å². The molecule has 5 rings (SSSR count). The van der Waals surface area contributed by atoms with Gasteiger partial charge < -0.3 is 9.26 Å². The zero-order valence-corrected chi connectivity index (χ0v) is 25.5. The highest BCUT2D eigenvalue weighted by molar-refractivity contribution is 5.84. The summed E-state index contributed by atoms with van der Waals surface area (Å²) >= 11 is 0. The zero-order valence-electron chi connectivity index (χ0n) is 25.5. The van der Waals surface area contributed by atoms with Gasteiger partial charge in [-0.25, -0.2) is 0 Å². The van der Waals surface area contributed by atoms with E-state index in [1.54, 1.807) is 0 Å². The summed E-state index contributed by atoms with van der Waals surface area (Å²) in [7, 11) is 1.52. The van der Waals surface area contributed by atoms with Crippen LogP contribution in [0.2, 0.25) is 0 Å². The summed E-state index contributed by atoms with van der Waals surface area (Å²) in [6.07, 6.45) is 11.2. The van der Waals surface area contributed by atoms with Gasteiger partial charge in [-0.2, -0.15) is 0 Å². The Hall–Kier alpha value is -1.65. The molecule has 0 radical (unpaired) electrons. The van der Waals surface area contributed by atoms with Crippen molar-refractivity contribution in [3.63, 3.8) is 0 Å². The van der Waals surface area contributed by atoms with E-state index in [9.17, 15) is 9.59 Å². The highest BCUT2D eigenvalue weighted by Crippen LogP contribution is 2.72. The van der Waals surface area contributed by atoms with E-state index in [2.05, 4.69) is 60.5 Å². The summed E-state index contributed by atoms with van der Waals surface area (Å²) in [6, 6.07) is 0. The molecule has 3 saturated carbocycles. The summed E-state index contributed by atoms with van der Waals surface area (Å²) in [5, 5.41) is 4.21. The second kappa shape index (κ2) is 8.67. The fourth-order valence-corrected chi connectivity index (χ4v) is 10.4. The molecule has 1 aromatic rings. The van der Waals surface area contributed by atoms with E-state index in [1.807, 2.05) is 6.20 Å². The van der Waals surface area contributed by atoms with Crippen LogP contribution in [0.3, 0.4) is 0 Å². The van der Waals surface area contributed by atoms with Crippen LogP contribution in [0, 0.1) is 44.8 Å². The number of aromatic nitrogens is 1. The smallest absolute Gasteiger partial charge is 0.311 e. The molecule has 5 nitrogen and oxygen atoms in total. The molecule has 0 aliphatic heterocycles. The van der Waals surface area contributed by atoms with Gasteiger partial charge in [0.25, 0.3) is 0 Å². The number of ketones is 1. The van der Waals surface area contributed by atoms with Crippen LogP contribution in [-0.4, -0.2) is 24.0 Å². The molecule has 4 aliphatic carbocycles. The number of ether oxygens (including phenoxy) is 1. The lowest BCUT2D eigenvalue weighted by atomic mass is 9.34. The Labute approximate surface area is 230 Å². The fraction of sp³-hybridized carbons (Fsp3) is 0.848. The Morgan fingerprint density at radius 2 is 1.58 bits per heavy atom. The Bertz CT molecular complexity index is 1120. The minimum atomic E-state index is -0.519. The fourth-order valence-electron chi connectivity index (χ4n) is 10.4. The molecule has 4 aliphatic rings. The van der Waals surface area contributed by atoms with Crippen molar-refractivity contribution in [3.8, 4) is 0 Å². The molecule has 1 unspecified atom stereocenters. The summed E-state index contributed by atoms with van der Waals surface area (Å²) < 4.78 is 11.2. The van der Waals surface area contributed by atoms with E-state index in [4.69, 9.17) is 9.26 Å². The van der Waals surface area contributed by atoms with Gasteiger partial charge in [0.2, 0.25) is 0 Å². The topological polar surface area (TPSA) is 69.4 Å². The maximum absolute atomic E-state index is 14.3. The van der Waals surface area contributed by atoms with Crippen LogP contribution in [0.25, 0.3) is 0 Å². The minimum absolute atomic E-state index is 0.00106. The van der Waals surface area contributed by atoms with E-state index in [0.717, 1.165) is 63.5 Å². The van der Waals surface area contributed by atoms with Crippen molar-refractivity contribution in [1.82, 2.24) is 5.16 Å². The Balaban J connectivity index is 1.60. The molecule has 1 heterocycles. The Kier molecular flexibility index (Phi) is 6.37. The number of fused-ring (bicyclic) bond motifs is 6. The van der Waals surface area contributed by atoms with Gasteiger partial charge in [0, 0.05) is 23.3 Å². The first kappa shape index (κ1) is 27.9. The lowest BCUT2D eigenvalue weighted by molar-refractivity contribution is -0.199. The number of Topliss-reactive ketones (excluding diaryl/α,β-unsaturated/α-hetero) is 1. The highest BCUT2D eigenvalue weighted by Gasteiger charge is 2.68. The van der Waals surface area contributed by atoms with Gasteiger partial charge in [-0.15, -0.1) is 0 Å². The summed E-state index contributed by atoms with van der Waals surface area (Å²) in [5.74, 6) is 2.20. The molecular formula is C33H51NO4. The van der Waals surface area contributed by atoms with Crippen LogP contribution >= 0.6 is 0 Å². The van der Waals surface area contributed by atoms with E-state index in [1.165, 1.54) is 12.7 Å². The van der Waals surface area contributed by atoms with Gasteiger partial charge in [-0.1, -0.05) is 53.6 Å². The van der Waals surface area contributed by atoms with Crippen molar-refractivity contribution >= 4 is 11.8 Å². The summed E-state index contributed by atoms with van der Waals surface area (Å²) in [4.78, 5) is 27.5. The van der Waals surface area contributed by atoms with E-state index >= 15 is 0 Å². The molecule has 0 amide bonds. The molecule has 212 valence electrons. The van der Waals surface area contributed by atoms with Crippen molar-refractivity contribution in [1.29, 1.82) is 0 Å². The molecule has 38 heavy (non-hydrogen) atoms. The van der Waals surface area contributed by atoms with Crippen molar-refractivity contribution < 1.29 is 18.8 Å². The van der Waals surface area contributed by atoms with E-state index in [0.29, 0.717) is 24.0 Å². The molecule has 1 aromatic heterocycles. The average Bonchev–Trinajstić information content (AvgIpc) is 3.31. The van der Waals surface area contributed by atoms with Gasteiger partial charge in [-0.3, -0.25) is 9.59 Å². The molecule has 0 spiro atoms. The maximum Gasteiger partial charge on any atom is 0.311 e. The monoisotopic (exact) mass is 525 g/mol. The summed E-state index contributed by atoms with van der Waals surface area (Å²) in [6.45, 7) is 18.8. The Morgan fingerprint density at radius 1 is 0.895 bits per heavy atom. The number of esters is 1. The van der Waals surface area contributed by atoms with Gasteiger partial charge in [0.05, 0.1) is 18.7 Å². The molecule has 5 heteroatoms. The van der Waals surface area contributed by atoms with Crippen LogP contribution in [-0.2, 0) is 26.2 Å². The van der Waals surface area contributed by atoms with Crippen LogP contribution in [0.4, 0.5) is 0 Å². The Morgan fingerprint density at radius 3 is 2.26 bits per heavy atom. The van der Waals surface area contributed by atoms with E-state index < -0.39 is 5.41 Å². The second-order valence-corrected chi connectivity index (χ2v) is 16.0. The molecule has 0 N–H and O–H groups in total. The van der Waals surface area contributed by atoms with Crippen molar-refractivity contribution in [3.05, 3.63) is 17.5 Å². The molecule has 7 atom stereocenters. The normalized spacial score (nSPS) is 44.1. The van der Waals surface area contributed by atoms with Crippen LogP contribution in [0.5, 0.6) is 0 Å². The third-order valence-corrected chi connectivity index (χ3v) is 13.2. The van der Waals surface area contributed by atoms with Gasteiger partial charge >= 0.3 is 5.97 Å². The predicted molar refractivity (Wildman–Crippen MR) is 148 cm³/mol. The van der Waals surface area contributed by atoms with E-state index in [-0.39, 0.29) is 39.0 Å². The first-order valence-corrected chi connectivity index (χ1v) is 15.1. The minimum Gasteiger partial charge on any atom is -0.469 e. The predicted octanol–water partition coefficient (Wildman–Crippen LogP) is 7.70. The SMILES string of the molecule is COC(=O)[C@@]1(C)CCC(C)(C)CCC2C(=O)C[C@@H]3[C@@]4(C)Cc5cnoc5C(C)(C)[C@@H]4CC[C@@]3(C)[C@]2(C)CC1. The second-order valence-electron chi connectivity index (χ2n) is 16.0. The van der Waals surface area contributed by atoms with Crippen LogP contribution in [0.1, 0.15) is 125 Å².